The van der Waals surface area contributed by atoms with Gasteiger partial charge in [0, 0.05) is 0 Å². The van der Waals surface area contributed by atoms with Crippen LogP contribution in [0.1, 0.15) is 0 Å². The van der Waals surface area contributed by atoms with Crippen LogP contribution in [0.4, 0.5) is 0 Å². The number of rotatable bonds is 0. The summed E-state index contributed by atoms with van der Waals surface area (Å²) in [7, 11) is 0. The van der Waals surface area contributed by atoms with Gasteiger partial charge in [-0.1, -0.05) is 0 Å². The van der Waals surface area contributed by atoms with Crippen molar-refractivity contribution in [1.29, 1.82) is 0 Å². The van der Waals surface area contributed by atoms with Gasteiger partial charge in [-0.15, -0.1) is 0 Å². The van der Waals surface area contributed by atoms with Gasteiger partial charge in [0.15, 0.2) is 0 Å². The summed E-state index contributed by atoms with van der Waals surface area (Å²) >= 11 is -1.10. The molecule has 0 radical (unpaired) electrons. The van der Waals surface area contributed by atoms with Gasteiger partial charge in [-0.2, -0.15) is 0 Å². The van der Waals surface area contributed by atoms with Crippen molar-refractivity contribution in [2.75, 3.05) is 0 Å². The molecule has 0 spiro atoms. The van der Waals surface area contributed by atoms with Gasteiger partial charge in [-0.25, -0.2) is 0 Å². The van der Waals surface area contributed by atoms with Gasteiger partial charge < -0.3 is 0 Å². The second kappa shape index (κ2) is 2.84. The fraction of sp³-hybridized carbons (Fsp3) is 1.00. The molecule has 0 aliphatic carbocycles. The fourth-order valence-electron chi connectivity index (χ4n) is 3.98. The topological polar surface area (TPSA) is 0 Å². The molecule has 4 aliphatic heterocycles. The van der Waals surface area contributed by atoms with E-state index in [-0.39, 0.29) is 57.4 Å². The summed E-state index contributed by atoms with van der Waals surface area (Å²) < 4.78 is 12.4. The van der Waals surface area contributed by atoms with E-state index >= 15 is 0 Å². The third kappa shape index (κ3) is 1.25. The first-order valence-electron chi connectivity index (χ1n) is 4.90. The predicted molar refractivity (Wildman–Crippen MR) is 57.4 cm³/mol. The zero-order chi connectivity index (χ0) is 6.55. The molecule has 0 N–H and O–H groups in total. The van der Waals surface area contributed by atoms with Gasteiger partial charge in [0.2, 0.25) is 0 Å². The van der Waals surface area contributed by atoms with Gasteiger partial charge >= 0.3 is 81.9 Å². The van der Waals surface area contributed by atoms with Crippen molar-refractivity contribution in [3.63, 3.8) is 0 Å². The summed E-state index contributed by atoms with van der Waals surface area (Å²) in [6, 6.07) is 0. The summed E-state index contributed by atoms with van der Waals surface area (Å²) in [5.74, 6) is 0. The normalized spacial score (nSPS) is 57.6. The summed E-state index contributed by atoms with van der Waals surface area (Å²) in [5, 5.41) is 0. The van der Waals surface area contributed by atoms with E-state index < -0.39 is 0 Å². The molecule has 4 rings (SSSR count). The first-order valence-corrected chi connectivity index (χ1v) is 25.5. The van der Waals surface area contributed by atoms with Crippen LogP contribution in [-0.2, 0) is 0 Å². The van der Waals surface area contributed by atoms with Gasteiger partial charge in [0.05, 0.1) is 0 Å². The Morgan fingerprint density at radius 1 is 0.400 bits per heavy atom. The van der Waals surface area contributed by atoms with E-state index in [1.165, 1.54) is 0 Å². The van der Waals surface area contributed by atoms with Crippen LogP contribution in [0, 0.1) is 0 Å². The van der Waals surface area contributed by atoms with Crippen molar-refractivity contribution >= 4 is 57.4 Å². The molecule has 4 heterocycles. The third-order valence-electron chi connectivity index (χ3n) is 4.00. The Kier molecular flexibility index (Phi) is 2.15. The van der Waals surface area contributed by atoms with Crippen molar-refractivity contribution in [1.82, 2.24) is 0 Å². The van der Waals surface area contributed by atoms with Crippen LogP contribution in [0.15, 0.2) is 0 Å². The molecule has 0 nitrogen and oxygen atoms in total. The van der Waals surface area contributed by atoms with Crippen LogP contribution in [0.5, 0.6) is 0 Å². The molecule has 0 amide bonds. The van der Waals surface area contributed by atoms with E-state index in [0.717, 1.165) is 0 Å². The molecule has 0 aromatic heterocycles. The van der Waals surface area contributed by atoms with E-state index in [4.69, 9.17) is 0 Å². The zero-order valence-corrected chi connectivity index (χ0v) is 16.2. The molecule has 0 unspecified atom stereocenters. The van der Waals surface area contributed by atoms with Gasteiger partial charge in [0.25, 0.3) is 0 Å². The Bertz CT molecular complexity index is 101. The second-order valence-corrected chi connectivity index (χ2v) is 56.2. The minimum atomic E-state index is -0.276. The molecular formula is C6H16Ge4. The molecule has 0 atom stereocenters. The molecule has 4 saturated heterocycles. The van der Waals surface area contributed by atoms with Crippen LogP contribution in [0.3, 0.4) is 0 Å². The van der Waals surface area contributed by atoms with E-state index in [2.05, 4.69) is 24.5 Å². The van der Waals surface area contributed by atoms with Crippen molar-refractivity contribution in [2.24, 2.45) is 0 Å². The van der Waals surface area contributed by atoms with Crippen LogP contribution in [-0.4, -0.2) is 57.4 Å². The first kappa shape index (κ1) is 7.56. The number of hydrogen-bond acceptors (Lipinski definition) is 0. The second-order valence-electron chi connectivity index (χ2n) is 4.88. The molecule has 10 heavy (non-hydrogen) atoms. The first-order chi connectivity index (χ1) is 4.90. The quantitative estimate of drug-likeness (QED) is 0.527. The molecule has 0 aromatic rings. The Morgan fingerprint density at radius 3 is 0.800 bits per heavy atom. The van der Waals surface area contributed by atoms with Gasteiger partial charge in [-0.05, 0) is 0 Å². The van der Waals surface area contributed by atoms with Crippen LogP contribution < -0.4 is 0 Å². The summed E-state index contributed by atoms with van der Waals surface area (Å²) in [6.45, 7) is 0. The molecule has 4 fully saturated rings. The monoisotopic (exact) mass is 384 g/mol. The van der Waals surface area contributed by atoms with Gasteiger partial charge in [0.1, 0.15) is 0 Å². The summed E-state index contributed by atoms with van der Waals surface area (Å²) in [6.07, 6.45) is 0. The third-order valence-corrected chi connectivity index (χ3v) is 108. The molecule has 0 aromatic carbocycles. The average molecular weight is 379 g/mol. The maximum atomic E-state index is 2.07. The SMILES string of the molecule is [CH2]1[GeH]2[CH2][GeH]3[CH2][GeH]1[CH2][GeH]([CH2]2)[CH2]3. The van der Waals surface area contributed by atoms with Crippen molar-refractivity contribution in [3.8, 4) is 0 Å². The maximum absolute atomic E-state index is 2.07. The van der Waals surface area contributed by atoms with E-state index in [9.17, 15) is 0 Å². The molecule has 0 saturated carbocycles. The molecule has 4 bridgehead atoms. The van der Waals surface area contributed by atoms with Crippen molar-refractivity contribution in [3.05, 3.63) is 0 Å². The average Bonchev–Trinajstić information content (AvgIpc) is 1.82. The van der Waals surface area contributed by atoms with Crippen LogP contribution in [0.25, 0.3) is 0 Å². The fourth-order valence-corrected chi connectivity index (χ4v) is 238. The molecule has 4 aliphatic rings. The predicted octanol–water partition coefficient (Wildman–Crippen LogP) is 0.171. The zero-order valence-electron chi connectivity index (χ0n) is 6.55. The molecule has 4 heteroatoms. The molecule has 56 valence electrons. The molecular weight excluding hydrogens is 363 g/mol. The van der Waals surface area contributed by atoms with Crippen molar-refractivity contribution < 1.29 is 0 Å². The summed E-state index contributed by atoms with van der Waals surface area (Å²) in [5.41, 5.74) is 0. The van der Waals surface area contributed by atoms with E-state index in [1.54, 1.807) is 0 Å². The van der Waals surface area contributed by atoms with Crippen molar-refractivity contribution in [2.45, 2.75) is 24.5 Å². The number of hydrogen-bond donors (Lipinski definition) is 0. The van der Waals surface area contributed by atoms with Crippen LogP contribution in [0.2, 0.25) is 24.5 Å². The standard InChI is InChI=1S/C6H16Ge4/c1-7-2-9-4-8(1)5-10(3-7)6-9/h7-10H,1-6H2. The van der Waals surface area contributed by atoms with Gasteiger partial charge in [-0.3, -0.25) is 0 Å². The van der Waals surface area contributed by atoms with E-state index in [1.807, 2.05) is 0 Å². The Balaban J connectivity index is 1.90. The van der Waals surface area contributed by atoms with Crippen LogP contribution >= 0.6 is 0 Å². The Labute approximate surface area is 80.9 Å². The Hall–Kier alpha value is 2.17. The van der Waals surface area contributed by atoms with E-state index in [0.29, 0.717) is 0 Å². The Morgan fingerprint density at radius 2 is 0.600 bits per heavy atom. The summed E-state index contributed by atoms with van der Waals surface area (Å²) in [4.78, 5) is 0. The minimum absolute atomic E-state index is 0.276.